The molecule has 3 rings (SSSR count). The van der Waals surface area contributed by atoms with Crippen molar-refractivity contribution in [3.05, 3.63) is 54.1 Å². The third-order valence-corrected chi connectivity index (χ3v) is 7.98. The number of rotatable bonds is 5. The first-order valence-electron chi connectivity index (χ1n) is 8.48. The fraction of sp³-hybridized carbons (Fsp3) is 0.222. The van der Waals surface area contributed by atoms with E-state index in [1.165, 1.54) is 34.8 Å². The lowest BCUT2D eigenvalue weighted by molar-refractivity contribution is -0.124. The van der Waals surface area contributed by atoms with Crippen LogP contribution in [0.4, 0.5) is 0 Å². The van der Waals surface area contributed by atoms with E-state index in [1.807, 2.05) is 28.7 Å². The molecule has 0 radical (unpaired) electrons. The van der Waals surface area contributed by atoms with Crippen LogP contribution in [0.2, 0.25) is 5.02 Å². The zero-order chi connectivity index (χ0) is 21.2. The van der Waals surface area contributed by atoms with E-state index in [0.717, 1.165) is 3.57 Å². The third kappa shape index (κ3) is 5.21. The summed E-state index contributed by atoms with van der Waals surface area (Å²) < 4.78 is 28.6. The summed E-state index contributed by atoms with van der Waals surface area (Å²) in [5, 5.41) is 14.4. The van der Waals surface area contributed by atoms with E-state index in [9.17, 15) is 18.3 Å². The van der Waals surface area contributed by atoms with Gasteiger partial charge in [0, 0.05) is 20.7 Å². The molecule has 29 heavy (non-hydrogen) atoms. The van der Waals surface area contributed by atoms with Crippen molar-refractivity contribution < 1.29 is 18.3 Å². The number of hydrogen-bond donors (Lipinski definition) is 2. The van der Waals surface area contributed by atoms with Gasteiger partial charge in [-0.05, 0) is 94.4 Å². The molecule has 11 heteroatoms. The maximum atomic E-state index is 12.9. The molecule has 0 aromatic heterocycles. The number of amides is 1. The second-order valence-corrected chi connectivity index (χ2v) is 11.0. The molecule has 1 aliphatic rings. The van der Waals surface area contributed by atoms with E-state index in [-0.39, 0.29) is 17.2 Å². The number of nitrogens with zero attached hydrogens (tertiary/aromatic N) is 2. The normalized spacial score (nSPS) is 17.7. The van der Waals surface area contributed by atoms with E-state index < -0.39 is 22.0 Å². The van der Waals surface area contributed by atoms with Crippen LogP contribution in [-0.2, 0) is 14.8 Å². The highest BCUT2D eigenvalue weighted by molar-refractivity contribution is 14.1. The number of phenolic OH excluding ortho intramolecular Hbond substituents is 1. The van der Waals surface area contributed by atoms with Gasteiger partial charge in [-0.15, -0.1) is 0 Å². The summed E-state index contributed by atoms with van der Waals surface area (Å²) in [5.41, 5.74) is 2.85. The number of hydrogen-bond acceptors (Lipinski definition) is 5. The highest BCUT2D eigenvalue weighted by atomic mass is 127. The fourth-order valence-electron chi connectivity index (χ4n) is 2.96. The number of carbonyl (C=O) groups is 1. The van der Waals surface area contributed by atoms with E-state index in [2.05, 4.69) is 33.1 Å². The molecule has 0 spiro atoms. The average molecular weight is 660 g/mol. The number of benzene rings is 2. The highest BCUT2D eigenvalue weighted by Crippen LogP contribution is 2.27. The quantitative estimate of drug-likeness (QED) is 0.292. The number of aromatic hydroxyl groups is 1. The minimum Gasteiger partial charge on any atom is -0.506 e. The van der Waals surface area contributed by atoms with E-state index >= 15 is 0 Å². The van der Waals surface area contributed by atoms with Gasteiger partial charge in [-0.3, -0.25) is 4.79 Å². The molecular formula is C18H16ClI2N3O4S. The summed E-state index contributed by atoms with van der Waals surface area (Å²) in [6.07, 6.45) is 2.32. The van der Waals surface area contributed by atoms with Crippen molar-refractivity contribution in [1.82, 2.24) is 9.73 Å². The monoisotopic (exact) mass is 659 g/mol. The third-order valence-electron chi connectivity index (χ3n) is 4.36. The number of hydrazone groups is 1. The van der Waals surface area contributed by atoms with Gasteiger partial charge in [-0.25, -0.2) is 13.8 Å². The lowest BCUT2D eigenvalue weighted by atomic mass is 10.2. The summed E-state index contributed by atoms with van der Waals surface area (Å²) in [4.78, 5) is 12.7. The van der Waals surface area contributed by atoms with Gasteiger partial charge in [0.1, 0.15) is 11.8 Å². The van der Waals surface area contributed by atoms with Crippen molar-refractivity contribution in [2.45, 2.75) is 23.8 Å². The molecule has 1 saturated heterocycles. The molecule has 7 nitrogen and oxygen atoms in total. The van der Waals surface area contributed by atoms with Gasteiger partial charge in [-0.2, -0.15) is 9.41 Å². The molecule has 1 heterocycles. The Morgan fingerprint density at radius 1 is 1.28 bits per heavy atom. The molecule has 1 amide bonds. The number of halogens is 3. The largest absolute Gasteiger partial charge is 0.506 e. The molecule has 0 unspecified atom stereocenters. The Morgan fingerprint density at radius 3 is 2.66 bits per heavy atom. The predicted octanol–water partition coefficient (Wildman–Crippen LogP) is 3.56. The minimum absolute atomic E-state index is 0.0665. The van der Waals surface area contributed by atoms with E-state index in [0.29, 0.717) is 27.0 Å². The van der Waals surface area contributed by atoms with Gasteiger partial charge in [0.2, 0.25) is 10.0 Å². The molecule has 1 aliphatic heterocycles. The van der Waals surface area contributed by atoms with Crippen molar-refractivity contribution in [3.63, 3.8) is 0 Å². The topological polar surface area (TPSA) is 99.1 Å². The SMILES string of the molecule is O=C(N/N=C\c1cc(I)cc(I)c1O)[C@@H]1CCCN1S(=O)(=O)c1ccc(Cl)cc1. The molecular weight excluding hydrogens is 644 g/mol. The maximum absolute atomic E-state index is 12.9. The molecule has 2 N–H and O–H groups in total. The Bertz CT molecular complexity index is 1060. The molecule has 2 aromatic rings. The van der Waals surface area contributed by atoms with Crippen LogP contribution in [0.3, 0.4) is 0 Å². The van der Waals surface area contributed by atoms with Crippen molar-refractivity contribution in [1.29, 1.82) is 0 Å². The Balaban J connectivity index is 1.74. The molecule has 0 saturated carbocycles. The lowest BCUT2D eigenvalue weighted by Gasteiger charge is -2.22. The highest BCUT2D eigenvalue weighted by Gasteiger charge is 2.39. The molecule has 0 bridgehead atoms. The first-order valence-corrected chi connectivity index (χ1v) is 12.5. The van der Waals surface area contributed by atoms with Crippen LogP contribution >= 0.6 is 56.8 Å². The number of carbonyl (C=O) groups excluding carboxylic acids is 1. The molecule has 2 aromatic carbocycles. The second-order valence-electron chi connectivity index (χ2n) is 6.29. The van der Waals surface area contributed by atoms with Gasteiger partial charge < -0.3 is 5.11 Å². The second kappa shape index (κ2) is 9.45. The summed E-state index contributed by atoms with van der Waals surface area (Å²) in [7, 11) is -3.82. The fourth-order valence-corrected chi connectivity index (χ4v) is 6.63. The summed E-state index contributed by atoms with van der Waals surface area (Å²) in [6, 6.07) is 8.52. The Labute approximate surface area is 200 Å². The Kier molecular flexibility index (Phi) is 7.41. The van der Waals surface area contributed by atoms with Crippen LogP contribution in [0.1, 0.15) is 18.4 Å². The van der Waals surface area contributed by atoms with Crippen molar-refractivity contribution in [3.8, 4) is 5.75 Å². The van der Waals surface area contributed by atoms with E-state index in [1.54, 1.807) is 6.07 Å². The maximum Gasteiger partial charge on any atom is 0.258 e. The first kappa shape index (κ1) is 22.7. The van der Waals surface area contributed by atoms with E-state index in [4.69, 9.17) is 11.6 Å². The van der Waals surface area contributed by atoms with Gasteiger partial charge in [0.15, 0.2) is 0 Å². The van der Waals surface area contributed by atoms with Crippen LogP contribution in [0.5, 0.6) is 5.75 Å². The van der Waals surface area contributed by atoms with Crippen LogP contribution in [0.15, 0.2) is 46.4 Å². The number of phenols is 1. The van der Waals surface area contributed by atoms with Gasteiger partial charge in [0.05, 0.1) is 14.7 Å². The standard InChI is InChI=1S/C18H16ClI2N3O4S/c19-12-3-5-14(6-4-12)29(27,28)24-7-1-2-16(24)18(26)23-22-10-11-8-13(20)9-15(21)17(11)25/h3-6,8-10,16,25H,1-2,7H2,(H,23,26)/b22-10-/t16-/m0/s1. The first-order chi connectivity index (χ1) is 13.7. The smallest absolute Gasteiger partial charge is 0.258 e. The van der Waals surface area contributed by atoms with Crippen molar-refractivity contribution >= 4 is 78.9 Å². The van der Waals surface area contributed by atoms with Gasteiger partial charge in [-0.1, -0.05) is 11.6 Å². The molecule has 1 fully saturated rings. The number of nitrogens with one attached hydrogen (secondary N) is 1. The van der Waals surface area contributed by atoms with Crippen LogP contribution in [-0.4, -0.2) is 42.5 Å². The molecule has 154 valence electrons. The van der Waals surface area contributed by atoms with Gasteiger partial charge >= 0.3 is 0 Å². The molecule has 0 aliphatic carbocycles. The van der Waals surface area contributed by atoms with Crippen molar-refractivity contribution in [2.75, 3.05) is 6.54 Å². The van der Waals surface area contributed by atoms with Crippen molar-refractivity contribution in [2.24, 2.45) is 5.10 Å². The van der Waals surface area contributed by atoms with Crippen LogP contribution in [0, 0.1) is 7.14 Å². The lowest BCUT2D eigenvalue weighted by Crippen LogP contribution is -2.44. The molecule has 1 atom stereocenters. The van der Waals surface area contributed by atoms with Gasteiger partial charge in [0.25, 0.3) is 5.91 Å². The predicted molar refractivity (Wildman–Crippen MR) is 128 cm³/mol. The Morgan fingerprint density at radius 2 is 1.97 bits per heavy atom. The zero-order valence-corrected chi connectivity index (χ0v) is 20.7. The zero-order valence-electron chi connectivity index (χ0n) is 14.8. The summed E-state index contributed by atoms with van der Waals surface area (Å²) >= 11 is 9.95. The Hall–Kier alpha value is -0.960. The van der Waals surface area contributed by atoms with Crippen LogP contribution in [0.25, 0.3) is 0 Å². The number of sulfonamides is 1. The summed E-state index contributed by atoms with van der Waals surface area (Å²) in [5.74, 6) is -0.451. The summed E-state index contributed by atoms with van der Waals surface area (Å²) in [6.45, 7) is 0.253. The minimum atomic E-state index is -3.82. The average Bonchev–Trinajstić information content (AvgIpc) is 3.16. The van der Waals surface area contributed by atoms with Crippen LogP contribution < -0.4 is 5.43 Å².